The molecule has 0 spiro atoms. The first-order valence-corrected chi connectivity index (χ1v) is 16.4. The molecular weight excluding hydrogens is 618 g/mol. The number of phenolic OH excluding ortho intramolecular Hbond substituents is 2. The first kappa shape index (κ1) is 31.8. The maximum atomic E-state index is 14.0. The third-order valence-electron chi connectivity index (χ3n) is 9.11. The number of carbonyl (C=O) groups is 1. The number of Topliss-reactive ketones (excluding diaryl/α,β-unsaturated/α-hetero) is 1. The minimum Gasteiger partial charge on any atom is -0.508 e. The lowest BCUT2D eigenvalue weighted by molar-refractivity contribution is 0.0836. The molecule has 0 fully saturated rings. The predicted octanol–water partition coefficient (Wildman–Crippen LogP) is 8.08. The third-order valence-corrected chi connectivity index (χ3v) is 9.11. The number of fused-ring (bicyclic) bond motifs is 4. The SMILES string of the molecule is COc1c(O)c(CCc2cccc3c2ccc2[nH]ccc23)c2c(c1OCCC(O)C=Cc1ccccc1)C(=O)CC(c1ccc(O)cc1)O2. The van der Waals surface area contributed by atoms with E-state index in [2.05, 4.69) is 35.3 Å². The number of carbonyl (C=O) groups excluding carboxylic acids is 1. The van der Waals surface area contributed by atoms with Gasteiger partial charge >= 0.3 is 0 Å². The standard InChI is InChI=1S/C41H37NO7/c1-47-41-38(46)33(17-13-26-8-5-9-31-30(26)18-19-34-32(31)20-22-42-34)39-37(35(45)24-36(49-39)27-11-15-28(43)16-12-27)40(41)48-23-21-29(44)14-10-25-6-3-2-4-7-25/h2-12,14-16,18-20,22,29,36,42-44,46H,13,17,21,23-24H2,1H3. The van der Waals surface area contributed by atoms with Crippen LogP contribution in [0.25, 0.3) is 27.8 Å². The molecule has 2 atom stereocenters. The van der Waals surface area contributed by atoms with Crippen molar-refractivity contribution in [3.8, 4) is 28.7 Å². The lowest BCUT2D eigenvalue weighted by Gasteiger charge is -2.30. The van der Waals surface area contributed by atoms with Gasteiger partial charge in [-0.3, -0.25) is 4.79 Å². The summed E-state index contributed by atoms with van der Waals surface area (Å²) in [5.41, 5.74) is 4.48. The summed E-state index contributed by atoms with van der Waals surface area (Å²) in [7, 11) is 1.43. The second kappa shape index (κ2) is 13.8. The van der Waals surface area contributed by atoms with E-state index in [1.807, 2.05) is 48.7 Å². The Labute approximate surface area is 283 Å². The Bertz CT molecular complexity index is 2150. The Morgan fingerprint density at radius 2 is 1.71 bits per heavy atom. The quantitative estimate of drug-likeness (QED) is 0.111. The van der Waals surface area contributed by atoms with Crippen LogP contribution in [0.5, 0.6) is 28.7 Å². The third kappa shape index (κ3) is 6.43. The van der Waals surface area contributed by atoms with Crippen molar-refractivity contribution >= 4 is 33.5 Å². The number of aromatic nitrogens is 1. The van der Waals surface area contributed by atoms with Crippen molar-refractivity contribution < 1.29 is 34.3 Å². The fourth-order valence-corrected chi connectivity index (χ4v) is 6.60. The van der Waals surface area contributed by atoms with E-state index in [4.69, 9.17) is 14.2 Å². The smallest absolute Gasteiger partial charge is 0.204 e. The zero-order valence-electron chi connectivity index (χ0n) is 27.1. The Balaban J connectivity index is 1.22. The zero-order valence-corrected chi connectivity index (χ0v) is 27.1. The van der Waals surface area contributed by atoms with Crippen molar-refractivity contribution in [3.05, 3.63) is 131 Å². The lowest BCUT2D eigenvalue weighted by Crippen LogP contribution is -2.23. The average Bonchev–Trinajstić information content (AvgIpc) is 3.61. The summed E-state index contributed by atoms with van der Waals surface area (Å²) in [6, 6.07) is 28.6. The molecule has 1 aliphatic rings. The van der Waals surface area contributed by atoms with Crippen LogP contribution in [-0.4, -0.2) is 45.9 Å². The molecule has 6 aromatic rings. The number of hydrogen-bond donors (Lipinski definition) is 4. The minimum absolute atomic E-state index is 0.0277. The molecule has 7 rings (SSSR count). The number of aliphatic hydroxyl groups excluding tert-OH is 1. The van der Waals surface area contributed by atoms with Gasteiger partial charge in [0.15, 0.2) is 17.3 Å². The van der Waals surface area contributed by atoms with Crippen molar-refractivity contribution in [2.45, 2.75) is 37.9 Å². The Kier molecular flexibility index (Phi) is 8.96. The number of rotatable bonds is 11. The Morgan fingerprint density at radius 3 is 2.51 bits per heavy atom. The van der Waals surface area contributed by atoms with Crippen LogP contribution in [0.2, 0.25) is 0 Å². The molecule has 0 amide bonds. The number of phenols is 2. The predicted molar refractivity (Wildman–Crippen MR) is 190 cm³/mol. The Hall–Kier alpha value is -5.73. The van der Waals surface area contributed by atoms with Gasteiger partial charge in [0.2, 0.25) is 5.75 Å². The zero-order chi connectivity index (χ0) is 33.9. The average molecular weight is 656 g/mol. The molecule has 1 aliphatic heterocycles. The van der Waals surface area contributed by atoms with Gasteiger partial charge in [-0.2, -0.15) is 0 Å². The van der Waals surface area contributed by atoms with Crippen LogP contribution in [0.15, 0.2) is 103 Å². The fraction of sp³-hybridized carbons (Fsp3) is 0.195. The molecule has 0 saturated carbocycles. The summed E-state index contributed by atoms with van der Waals surface area (Å²) in [5, 5.41) is 35.6. The summed E-state index contributed by atoms with van der Waals surface area (Å²) in [6.45, 7) is 0.0557. The van der Waals surface area contributed by atoms with Crippen LogP contribution in [0, 0.1) is 0 Å². The van der Waals surface area contributed by atoms with Crippen molar-refractivity contribution in [3.63, 3.8) is 0 Å². The molecule has 248 valence electrons. The molecule has 2 heterocycles. The first-order valence-electron chi connectivity index (χ1n) is 16.4. The molecule has 5 aromatic carbocycles. The fourth-order valence-electron chi connectivity index (χ4n) is 6.60. The van der Waals surface area contributed by atoms with Gasteiger partial charge in [-0.05, 0) is 64.6 Å². The van der Waals surface area contributed by atoms with Crippen LogP contribution < -0.4 is 14.2 Å². The summed E-state index contributed by atoms with van der Waals surface area (Å²) < 4.78 is 18.4. The number of nitrogens with one attached hydrogen (secondary N) is 1. The second-order valence-electron chi connectivity index (χ2n) is 12.2. The highest BCUT2D eigenvalue weighted by molar-refractivity contribution is 6.07. The van der Waals surface area contributed by atoms with E-state index < -0.39 is 12.2 Å². The largest absolute Gasteiger partial charge is 0.508 e. The van der Waals surface area contributed by atoms with Gasteiger partial charge in [0.05, 0.1) is 26.2 Å². The topological polar surface area (TPSA) is 121 Å². The van der Waals surface area contributed by atoms with E-state index in [0.717, 1.165) is 38.4 Å². The van der Waals surface area contributed by atoms with Crippen molar-refractivity contribution in [1.29, 1.82) is 0 Å². The van der Waals surface area contributed by atoms with Gasteiger partial charge in [0.1, 0.15) is 23.2 Å². The van der Waals surface area contributed by atoms with E-state index in [-0.39, 0.29) is 59.5 Å². The van der Waals surface area contributed by atoms with E-state index >= 15 is 0 Å². The molecule has 0 saturated heterocycles. The van der Waals surface area contributed by atoms with Crippen LogP contribution in [-0.2, 0) is 12.8 Å². The summed E-state index contributed by atoms with van der Waals surface area (Å²) >= 11 is 0. The highest BCUT2D eigenvalue weighted by Gasteiger charge is 2.37. The molecule has 0 bridgehead atoms. The van der Waals surface area contributed by atoms with E-state index in [1.54, 1.807) is 30.3 Å². The summed E-state index contributed by atoms with van der Waals surface area (Å²) in [5.74, 6) is 0.118. The molecule has 8 nitrogen and oxygen atoms in total. The van der Waals surface area contributed by atoms with E-state index in [1.165, 1.54) is 7.11 Å². The highest BCUT2D eigenvalue weighted by atomic mass is 16.5. The molecule has 49 heavy (non-hydrogen) atoms. The number of aryl methyl sites for hydroxylation is 1. The number of aromatic amines is 1. The molecule has 2 unspecified atom stereocenters. The number of ether oxygens (including phenoxy) is 3. The normalized spacial score (nSPS) is 15.0. The van der Waals surface area contributed by atoms with Crippen LogP contribution in [0.1, 0.15) is 51.6 Å². The molecule has 0 radical (unpaired) electrons. The maximum Gasteiger partial charge on any atom is 0.204 e. The molecular formula is C41H37NO7. The molecule has 4 N–H and O–H groups in total. The first-order chi connectivity index (χ1) is 23.9. The minimum atomic E-state index is -0.797. The van der Waals surface area contributed by atoms with Crippen molar-refractivity contribution in [1.82, 2.24) is 4.98 Å². The lowest BCUT2D eigenvalue weighted by atomic mass is 9.90. The van der Waals surface area contributed by atoms with Crippen LogP contribution in [0.4, 0.5) is 0 Å². The number of H-pyrrole nitrogens is 1. The number of ketones is 1. The number of methoxy groups -OCH3 is 1. The second-order valence-corrected chi connectivity index (χ2v) is 12.2. The molecule has 0 aliphatic carbocycles. The van der Waals surface area contributed by atoms with Crippen LogP contribution in [0.3, 0.4) is 0 Å². The molecule has 8 heteroatoms. The monoisotopic (exact) mass is 655 g/mol. The number of aliphatic hydroxyl groups is 1. The number of hydrogen-bond acceptors (Lipinski definition) is 7. The van der Waals surface area contributed by atoms with Gasteiger partial charge in [0, 0.05) is 29.1 Å². The maximum absolute atomic E-state index is 14.0. The number of benzene rings is 5. The van der Waals surface area contributed by atoms with E-state index in [0.29, 0.717) is 18.4 Å². The van der Waals surface area contributed by atoms with E-state index in [9.17, 15) is 20.1 Å². The van der Waals surface area contributed by atoms with Gasteiger partial charge in [-0.15, -0.1) is 0 Å². The summed E-state index contributed by atoms with van der Waals surface area (Å²) in [6.07, 6.45) is 5.20. The van der Waals surface area contributed by atoms with Gasteiger partial charge < -0.3 is 34.5 Å². The van der Waals surface area contributed by atoms with Gasteiger partial charge in [-0.25, -0.2) is 0 Å². The highest BCUT2D eigenvalue weighted by Crippen LogP contribution is 2.53. The van der Waals surface area contributed by atoms with Crippen LogP contribution >= 0.6 is 0 Å². The Morgan fingerprint density at radius 1 is 0.898 bits per heavy atom. The van der Waals surface area contributed by atoms with Gasteiger partial charge in [0.25, 0.3) is 0 Å². The summed E-state index contributed by atoms with van der Waals surface area (Å²) in [4.78, 5) is 17.3. The van der Waals surface area contributed by atoms with Crippen molar-refractivity contribution in [2.24, 2.45) is 0 Å². The number of aromatic hydroxyl groups is 2. The molecule has 1 aromatic heterocycles. The van der Waals surface area contributed by atoms with Gasteiger partial charge in [-0.1, -0.05) is 78.9 Å². The van der Waals surface area contributed by atoms with Crippen molar-refractivity contribution in [2.75, 3.05) is 13.7 Å².